The van der Waals surface area contributed by atoms with Gasteiger partial charge in [-0.3, -0.25) is 19.5 Å². The van der Waals surface area contributed by atoms with Crippen LogP contribution in [-0.2, 0) is 16.1 Å². The standard InChI is InChI=1S/C14H17Cl2N3O3/c1-17-13(20)8-2-3-12(14(21)22)19(6-8)7-11-10(16)4-9(15)5-18-11/h4-5,8,12H,2-3,6-7H2,1H3,(H,17,20)(H,21,22)/t8-,12-/m0/s1. The third-order valence-electron chi connectivity index (χ3n) is 3.82. The molecule has 1 aromatic heterocycles. The molecule has 0 radical (unpaired) electrons. The lowest BCUT2D eigenvalue weighted by Gasteiger charge is -2.36. The number of nitrogens with zero attached hydrogens (tertiary/aromatic N) is 2. The maximum absolute atomic E-state index is 11.8. The van der Waals surface area contributed by atoms with E-state index < -0.39 is 12.0 Å². The van der Waals surface area contributed by atoms with Crippen molar-refractivity contribution in [2.24, 2.45) is 5.92 Å². The first-order chi connectivity index (χ1) is 10.4. The number of carbonyl (C=O) groups is 2. The Balaban J connectivity index is 2.18. The van der Waals surface area contributed by atoms with Gasteiger partial charge in [-0.05, 0) is 18.9 Å². The Labute approximate surface area is 138 Å². The number of halogens is 2. The number of hydrogen-bond acceptors (Lipinski definition) is 4. The largest absolute Gasteiger partial charge is 0.480 e. The molecule has 0 unspecified atom stereocenters. The van der Waals surface area contributed by atoms with Gasteiger partial charge in [-0.25, -0.2) is 0 Å². The van der Waals surface area contributed by atoms with Crippen molar-refractivity contribution in [3.63, 3.8) is 0 Å². The first-order valence-electron chi connectivity index (χ1n) is 6.90. The van der Waals surface area contributed by atoms with Crippen molar-refractivity contribution in [3.8, 4) is 0 Å². The molecule has 2 N–H and O–H groups in total. The second-order valence-corrected chi connectivity index (χ2v) is 6.10. The number of pyridine rings is 1. The normalized spacial score (nSPS) is 22.3. The number of nitrogens with one attached hydrogen (secondary N) is 1. The summed E-state index contributed by atoms with van der Waals surface area (Å²) in [4.78, 5) is 29.1. The molecule has 1 fully saturated rings. The Morgan fingerprint density at radius 1 is 1.45 bits per heavy atom. The van der Waals surface area contributed by atoms with Gasteiger partial charge in [0.2, 0.25) is 5.91 Å². The first-order valence-corrected chi connectivity index (χ1v) is 7.66. The van der Waals surface area contributed by atoms with Crippen LogP contribution < -0.4 is 5.32 Å². The second-order valence-electron chi connectivity index (χ2n) is 5.25. The van der Waals surface area contributed by atoms with Gasteiger partial charge in [0.1, 0.15) is 6.04 Å². The molecule has 0 aromatic carbocycles. The van der Waals surface area contributed by atoms with Crippen LogP contribution in [0.3, 0.4) is 0 Å². The number of hydrogen-bond donors (Lipinski definition) is 2. The maximum Gasteiger partial charge on any atom is 0.320 e. The molecule has 1 aliphatic rings. The molecular weight excluding hydrogens is 329 g/mol. The van der Waals surface area contributed by atoms with Crippen molar-refractivity contribution in [1.29, 1.82) is 0 Å². The average Bonchev–Trinajstić information content (AvgIpc) is 2.49. The Morgan fingerprint density at radius 2 is 2.18 bits per heavy atom. The van der Waals surface area contributed by atoms with Gasteiger partial charge in [0.25, 0.3) is 0 Å². The smallest absolute Gasteiger partial charge is 0.320 e. The van der Waals surface area contributed by atoms with Crippen LogP contribution in [0.15, 0.2) is 12.3 Å². The van der Waals surface area contributed by atoms with Crippen LogP contribution in [-0.4, -0.2) is 46.5 Å². The van der Waals surface area contributed by atoms with Crippen molar-refractivity contribution < 1.29 is 14.7 Å². The van der Waals surface area contributed by atoms with E-state index in [1.165, 1.54) is 6.20 Å². The molecule has 1 amide bonds. The lowest BCUT2D eigenvalue weighted by molar-refractivity contribution is -0.147. The molecule has 1 saturated heterocycles. The Kier molecular flexibility index (Phi) is 5.61. The molecule has 22 heavy (non-hydrogen) atoms. The Bertz CT molecular complexity index is 582. The van der Waals surface area contributed by atoms with Crippen LogP contribution in [0.4, 0.5) is 0 Å². The van der Waals surface area contributed by atoms with Gasteiger partial charge in [-0.1, -0.05) is 23.2 Å². The van der Waals surface area contributed by atoms with Gasteiger partial charge in [-0.15, -0.1) is 0 Å². The number of amides is 1. The van der Waals surface area contributed by atoms with E-state index in [0.717, 1.165) is 0 Å². The molecule has 0 bridgehead atoms. The molecule has 0 aliphatic carbocycles. The first kappa shape index (κ1) is 17.0. The van der Waals surface area contributed by atoms with Gasteiger partial charge < -0.3 is 10.4 Å². The SMILES string of the molecule is CNC(=O)[C@H]1CC[C@@H](C(=O)O)N(Cc2ncc(Cl)cc2Cl)C1. The van der Waals surface area contributed by atoms with Crippen LogP contribution in [0, 0.1) is 5.92 Å². The number of carbonyl (C=O) groups excluding carboxylic acids is 1. The van der Waals surface area contributed by atoms with E-state index in [1.54, 1.807) is 18.0 Å². The van der Waals surface area contributed by atoms with Crippen LogP contribution >= 0.6 is 23.2 Å². The quantitative estimate of drug-likeness (QED) is 0.869. The number of rotatable bonds is 4. The minimum atomic E-state index is -0.902. The highest BCUT2D eigenvalue weighted by molar-refractivity contribution is 6.34. The van der Waals surface area contributed by atoms with E-state index in [1.807, 2.05) is 0 Å². The summed E-state index contributed by atoms with van der Waals surface area (Å²) in [6, 6.07) is 0.927. The minimum absolute atomic E-state index is 0.0796. The number of aliphatic carboxylic acids is 1. The molecular formula is C14H17Cl2N3O3. The fraction of sp³-hybridized carbons (Fsp3) is 0.500. The highest BCUT2D eigenvalue weighted by Crippen LogP contribution is 2.26. The van der Waals surface area contributed by atoms with Gasteiger partial charge in [0.15, 0.2) is 0 Å². The predicted molar refractivity (Wildman–Crippen MR) is 82.9 cm³/mol. The number of piperidine rings is 1. The van der Waals surface area contributed by atoms with Crippen LogP contribution in [0.5, 0.6) is 0 Å². The van der Waals surface area contributed by atoms with E-state index in [-0.39, 0.29) is 18.4 Å². The van der Waals surface area contributed by atoms with Crippen LogP contribution in [0.1, 0.15) is 18.5 Å². The zero-order valence-corrected chi connectivity index (χ0v) is 13.6. The summed E-state index contributed by atoms with van der Waals surface area (Å²) in [7, 11) is 1.58. The highest BCUT2D eigenvalue weighted by Gasteiger charge is 2.35. The predicted octanol–water partition coefficient (Wildman–Crippen LogP) is 1.80. The zero-order chi connectivity index (χ0) is 16.3. The van der Waals surface area contributed by atoms with E-state index >= 15 is 0 Å². The molecule has 0 saturated carbocycles. The van der Waals surface area contributed by atoms with Gasteiger partial charge in [0, 0.05) is 26.3 Å². The summed E-state index contributed by atoms with van der Waals surface area (Å²) in [6.07, 6.45) is 2.44. The van der Waals surface area contributed by atoms with Gasteiger partial charge in [0.05, 0.1) is 21.7 Å². The third-order valence-corrected chi connectivity index (χ3v) is 4.36. The molecule has 2 heterocycles. The molecule has 2 rings (SSSR count). The summed E-state index contributed by atoms with van der Waals surface area (Å²) in [5.74, 6) is -1.21. The monoisotopic (exact) mass is 345 g/mol. The van der Waals surface area contributed by atoms with Crippen molar-refractivity contribution in [3.05, 3.63) is 28.0 Å². The third kappa shape index (κ3) is 3.88. The minimum Gasteiger partial charge on any atom is -0.480 e. The fourth-order valence-corrected chi connectivity index (χ4v) is 3.11. The van der Waals surface area contributed by atoms with E-state index in [9.17, 15) is 14.7 Å². The number of carboxylic acid groups (broad SMARTS) is 1. The van der Waals surface area contributed by atoms with Crippen molar-refractivity contribution in [2.45, 2.75) is 25.4 Å². The molecule has 120 valence electrons. The highest BCUT2D eigenvalue weighted by atomic mass is 35.5. The summed E-state index contributed by atoms with van der Waals surface area (Å²) in [5, 5.41) is 12.8. The lowest BCUT2D eigenvalue weighted by atomic mass is 9.91. The number of carboxylic acids is 1. The van der Waals surface area contributed by atoms with Gasteiger partial charge >= 0.3 is 5.97 Å². The number of aromatic nitrogens is 1. The fourth-order valence-electron chi connectivity index (χ4n) is 2.67. The number of likely N-dealkylation sites (tertiary alicyclic amines) is 1. The van der Waals surface area contributed by atoms with Crippen LogP contribution in [0.25, 0.3) is 0 Å². The van der Waals surface area contributed by atoms with E-state index in [0.29, 0.717) is 35.1 Å². The molecule has 2 atom stereocenters. The van der Waals surface area contributed by atoms with Crippen molar-refractivity contribution in [1.82, 2.24) is 15.2 Å². The topological polar surface area (TPSA) is 82.5 Å². The van der Waals surface area contributed by atoms with E-state index in [4.69, 9.17) is 23.2 Å². The summed E-state index contributed by atoms with van der Waals surface area (Å²) >= 11 is 11.9. The Morgan fingerprint density at radius 3 is 2.77 bits per heavy atom. The molecule has 6 nitrogen and oxygen atoms in total. The van der Waals surface area contributed by atoms with Gasteiger partial charge in [-0.2, -0.15) is 0 Å². The summed E-state index contributed by atoms with van der Waals surface area (Å²) in [6.45, 7) is 0.623. The van der Waals surface area contributed by atoms with E-state index in [2.05, 4.69) is 10.3 Å². The van der Waals surface area contributed by atoms with Crippen molar-refractivity contribution >= 4 is 35.1 Å². The summed E-state index contributed by atoms with van der Waals surface area (Å²) in [5.41, 5.74) is 0.551. The lowest BCUT2D eigenvalue weighted by Crippen LogP contribution is -2.50. The molecule has 8 heteroatoms. The molecule has 1 aliphatic heterocycles. The molecule has 0 spiro atoms. The maximum atomic E-state index is 11.8. The zero-order valence-electron chi connectivity index (χ0n) is 12.1. The molecule has 1 aromatic rings. The van der Waals surface area contributed by atoms with Crippen molar-refractivity contribution in [2.75, 3.05) is 13.6 Å². The van der Waals surface area contributed by atoms with Crippen LogP contribution in [0.2, 0.25) is 10.0 Å². The summed E-state index contributed by atoms with van der Waals surface area (Å²) < 4.78 is 0. The Hall–Kier alpha value is -1.37. The average molecular weight is 346 g/mol. The second kappa shape index (κ2) is 7.26.